The minimum absolute atomic E-state index is 0.511. The van der Waals surface area contributed by atoms with Crippen molar-refractivity contribution in [2.24, 2.45) is 0 Å². The smallest absolute Gasteiger partial charge is 0.147 e. The Bertz CT molecular complexity index is 619. The Morgan fingerprint density at radius 1 is 1.25 bits per heavy atom. The fourth-order valence-electron chi connectivity index (χ4n) is 2.01. The van der Waals surface area contributed by atoms with Gasteiger partial charge in [0.15, 0.2) is 0 Å². The van der Waals surface area contributed by atoms with Crippen LogP contribution in [0.4, 0.5) is 0 Å². The highest BCUT2D eigenvalue weighted by Crippen LogP contribution is 2.24. The lowest BCUT2D eigenvalue weighted by molar-refractivity contribution is 0.0886. The highest BCUT2D eigenvalue weighted by atomic mass is 35.5. The molecule has 0 saturated carbocycles. The van der Waals surface area contributed by atoms with Crippen LogP contribution in [0.5, 0.6) is 0 Å². The molecule has 0 aliphatic carbocycles. The molecule has 0 radical (unpaired) electrons. The predicted molar refractivity (Wildman–Crippen MR) is 86.1 cm³/mol. The number of aryl methyl sites for hydroxylation is 2. The van der Waals surface area contributed by atoms with E-state index in [4.69, 9.17) is 16.3 Å². The maximum Gasteiger partial charge on any atom is 0.147 e. The minimum atomic E-state index is -1.05. The quantitative estimate of drug-likeness (QED) is 0.476. The molecule has 0 spiro atoms. The van der Waals surface area contributed by atoms with Crippen molar-refractivity contribution in [2.45, 2.75) is 46.3 Å². The second-order valence-corrected chi connectivity index (χ2v) is 12.3. The van der Waals surface area contributed by atoms with Crippen LogP contribution >= 0.6 is 11.6 Å². The molecule has 2 heterocycles. The number of hydrogen-bond donors (Lipinski definition) is 0. The molecule has 0 saturated heterocycles. The average molecular weight is 312 g/mol. The molecule has 0 fully saturated rings. The summed E-state index contributed by atoms with van der Waals surface area (Å²) in [7, 11) is -1.05. The normalized spacial score (nSPS) is 12.3. The summed E-state index contributed by atoms with van der Waals surface area (Å²) in [5, 5.41) is 1.40. The second kappa shape index (κ2) is 5.83. The number of halogens is 1. The molecular weight excluding hydrogens is 290 g/mol. The number of hydrogen-bond acceptors (Lipinski definition) is 3. The highest BCUT2D eigenvalue weighted by molar-refractivity contribution is 6.76. The van der Waals surface area contributed by atoms with Crippen molar-refractivity contribution >= 4 is 30.7 Å². The van der Waals surface area contributed by atoms with Crippen molar-refractivity contribution < 1.29 is 4.74 Å². The van der Waals surface area contributed by atoms with Gasteiger partial charge in [-0.1, -0.05) is 11.6 Å². The third kappa shape index (κ3) is 3.59. The first-order chi connectivity index (χ1) is 9.28. The van der Waals surface area contributed by atoms with E-state index in [1.165, 1.54) is 6.04 Å². The van der Waals surface area contributed by atoms with Gasteiger partial charge in [-0.15, -0.1) is 14.1 Å². The van der Waals surface area contributed by atoms with E-state index in [0.717, 1.165) is 23.3 Å². The number of ether oxygens (including phenoxy) is 1. The van der Waals surface area contributed by atoms with Gasteiger partial charge in [0.05, 0.1) is 5.39 Å². The average Bonchev–Trinajstić information content (AvgIpc) is 2.61. The largest absolute Gasteiger partial charge is 0.364 e. The lowest BCUT2D eigenvalue weighted by atomic mass is 10.4. The minimum Gasteiger partial charge on any atom is -0.364 e. The number of aromatic nitrogens is 3. The molecule has 0 aliphatic heterocycles. The molecule has 2 aromatic heterocycles. The van der Waals surface area contributed by atoms with Gasteiger partial charge < -0.3 is 9.30 Å². The fourth-order valence-corrected chi connectivity index (χ4v) is 3.03. The summed E-state index contributed by atoms with van der Waals surface area (Å²) in [5.41, 5.74) is 1.95. The lowest BCUT2D eigenvalue weighted by Gasteiger charge is -2.26. The van der Waals surface area contributed by atoms with Crippen molar-refractivity contribution in [1.82, 2.24) is 14.5 Å². The standard InChI is InChI=1S/C14H22ClN3OSi/c1-10-8-12-13(15)16-11(2)17-14(12)18(10)9-19-6-7-20(3,4)5/h8H,6-7,9H2,1-5H3/q-1. The molecule has 2 rings (SSSR count). The monoisotopic (exact) mass is 311 g/mol. The molecule has 6 heteroatoms. The van der Waals surface area contributed by atoms with Crippen molar-refractivity contribution in [3.05, 3.63) is 22.7 Å². The van der Waals surface area contributed by atoms with Gasteiger partial charge in [0.2, 0.25) is 0 Å². The van der Waals surface area contributed by atoms with Gasteiger partial charge >= 0.3 is 0 Å². The molecule has 0 amide bonds. The van der Waals surface area contributed by atoms with Crippen molar-refractivity contribution in [3.63, 3.8) is 0 Å². The molecule has 4 nitrogen and oxygen atoms in total. The second-order valence-electron chi connectivity index (χ2n) is 6.36. The van der Waals surface area contributed by atoms with Crippen LogP contribution in [0.2, 0.25) is 30.8 Å². The highest BCUT2D eigenvalue weighted by Gasteiger charge is 2.12. The van der Waals surface area contributed by atoms with Crippen LogP contribution in [0, 0.1) is 13.8 Å². The molecule has 111 valence electrons. The van der Waals surface area contributed by atoms with Gasteiger partial charge in [0.25, 0.3) is 0 Å². The topological polar surface area (TPSA) is 39.9 Å². The first-order valence-electron chi connectivity index (χ1n) is 6.86. The van der Waals surface area contributed by atoms with Crippen molar-refractivity contribution in [1.29, 1.82) is 0 Å². The summed E-state index contributed by atoms with van der Waals surface area (Å²) in [6.07, 6.45) is 0. The number of rotatable bonds is 5. The van der Waals surface area contributed by atoms with E-state index >= 15 is 0 Å². The van der Waals surface area contributed by atoms with Gasteiger partial charge in [-0.2, -0.15) is 19.6 Å². The van der Waals surface area contributed by atoms with Gasteiger partial charge in [-0.05, 0) is 19.9 Å². The summed E-state index contributed by atoms with van der Waals surface area (Å²) in [6.45, 7) is 12.3. The van der Waals surface area contributed by atoms with Crippen LogP contribution < -0.4 is 0 Å². The Morgan fingerprint density at radius 2 is 1.95 bits per heavy atom. The van der Waals surface area contributed by atoms with Crippen LogP contribution in [0.15, 0.2) is 6.07 Å². The molecule has 0 bridgehead atoms. The first kappa shape index (κ1) is 15.5. The van der Waals surface area contributed by atoms with Crippen LogP contribution in [0.25, 0.3) is 11.0 Å². The van der Waals surface area contributed by atoms with Crippen LogP contribution in [0.3, 0.4) is 0 Å². The Hall–Kier alpha value is -0.913. The van der Waals surface area contributed by atoms with E-state index in [2.05, 4.69) is 34.2 Å². The predicted octanol–water partition coefficient (Wildman–Crippen LogP) is 4.01. The Morgan fingerprint density at radius 3 is 2.60 bits per heavy atom. The molecule has 0 atom stereocenters. The zero-order valence-corrected chi connectivity index (χ0v) is 14.6. The Kier molecular flexibility index (Phi) is 4.51. The number of nitrogens with zero attached hydrogens (tertiary/aromatic N) is 3. The van der Waals surface area contributed by atoms with E-state index in [1.807, 2.05) is 19.9 Å². The summed E-state index contributed by atoms with van der Waals surface area (Å²) < 4.78 is 7.87. The lowest BCUT2D eigenvalue weighted by Crippen LogP contribution is -2.22. The molecule has 20 heavy (non-hydrogen) atoms. The molecule has 0 N–H and O–H groups in total. The molecule has 2 aromatic rings. The van der Waals surface area contributed by atoms with Gasteiger partial charge in [-0.3, -0.25) is 0 Å². The van der Waals surface area contributed by atoms with E-state index < -0.39 is 8.07 Å². The van der Waals surface area contributed by atoms with Crippen molar-refractivity contribution in [2.75, 3.05) is 6.61 Å². The van der Waals surface area contributed by atoms with E-state index in [9.17, 15) is 0 Å². The SMILES string of the molecule is Cc1nc(Cl)c2cc(C)n(COCC[Si-](C)(C)C)c2n1. The molecule has 0 aliphatic rings. The summed E-state index contributed by atoms with van der Waals surface area (Å²) in [4.78, 5) is 8.67. The molecule has 0 aromatic carbocycles. The fraction of sp³-hybridized carbons (Fsp3) is 0.571. The third-order valence-electron chi connectivity index (χ3n) is 3.24. The zero-order chi connectivity index (χ0) is 14.9. The number of fused-ring (bicyclic) bond motifs is 1. The van der Waals surface area contributed by atoms with Crippen molar-refractivity contribution in [3.8, 4) is 0 Å². The maximum absolute atomic E-state index is 6.17. The van der Waals surface area contributed by atoms with Crippen LogP contribution in [-0.4, -0.2) is 29.2 Å². The van der Waals surface area contributed by atoms with Gasteiger partial charge in [-0.25, -0.2) is 9.97 Å². The molecule has 0 unspecified atom stereocenters. The Balaban J connectivity index is 2.16. The van der Waals surface area contributed by atoms with Crippen LogP contribution in [-0.2, 0) is 11.5 Å². The molecular formula is C14H22ClN3OSi-. The van der Waals surface area contributed by atoms with Crippen LogP contribution in [0.1, 0.15) is 11.5 Å². The Labute approximate surface area is 126 Å². The first-order valence-corrected chi connectivity index (χ1v) is 10.9. The third-order valence-corrected chi connectivity index (χ3v) is 5.23. The van der Waals surface area contributed by atoms with Gasteiger partial charge in [0, 0.05) is 12.3 Å². The zero-order valence-electron chi connectivity index (χ0n) is 12.8. The van der Waals surface area contributed by atoms with E-state index in [-0.39, 0.29) is 0 Å². The van der Waals surface area contributed by atoms with Gasteiger partial charge in [0.1, 0.15) is 23.4 Å². The van der Waals surface area contributed by atoms with E-state index in [1.54, 1.807) is 0 Å². The summed E-state index contributed by atoms with van der Waals surface area (Å²) in [6, 6.07) is 3.18. The summed E-state index contributed by atoms with van der Waals surface area (Å²) in [5.74, 6) is 0.684. The van der Waals surface area contributed by atoms with E-state index in [0.29, 0.717) is 17.7 Å². The maximum atomic E-state index is 6.17. The summed E-state index contributed by atoms with van der Waals surface area (Å²) >= 11 is 6.17.